The monoisotopic (exact) mass is 212 g/mol. The molecule has 0 spiro atoms. The molecule has 1 heteroatoms. The van der Waals surface area contributed by atoms with Gasteiger partial charge in [0, 0.05) is 6.61 Å². The van der Waals surface area contributed by atoms with Gasteiger partial charge in [-0.2, -0.15) is 0 Å². The van der Waals surface area contributed by atoms with Gasteiger partial charge in [0.25, 0.3) is 0 Å². The van der Waals surface area contributed by atoms with Crippen molar-refractivity contribution in [3.8, 4) is 0 Å². The molecule has 0 aromatic heterocycles. The van der Waals surface area contributed by atoms with Crippen molar-refractivity contribution in [3.63, 3.8) is 0 Å². The maximum Gasteiger partial charge on any atom is 0.0490 e. The molecule has 3 rings (SSSR count). The molecule has 1 N–H and O–H groups in total. The van der Waals surface area contributed by atoms with Crippen molar-refractivity contribution in [2.24, 2.45) is 5.41 Å². The highest BCUT2D eigenvalue weighted by Gasteiger charge is 2.41. The number of benzene rings is 2. The van der Waals surface area contributed by atoms with Gasteiger partial charge in [-0.15, -0.1) is 0 Å². The van der Waals surface area contributed by atoms with E-state index in [0.29, 0.717) is 6.61 Å². The third-order valence-corrected chi connectivity index (χ3v) is 3.69. The molecule has 2 aromatic carbocycles. The summed E-state index contributed by atoms with van der Waals surface area (Å²) in [6, 6.07) is 15.1. The van der Waals surface area contributed by atoms with Gasteiger partial charge in [0.2, 0.25) is 0 Å². The first-order chi connectivity index (χ1) is 7.81. The molecule has 2 aromatic rings. The van der Waals surface area contributed by atoms with Gasteiger partial charge in [0.1, 0.15) is 0 Å². The zero-order chi connectivity index (χ0) is 11.0. The molecule has 1 aliphatic rings. The summed E-state index contributed by atoms with van der Waals surface area (Å²) < 4.78 is 0. The lowest BCUT2D eigenvalue weighted by Gasteiger charge is -2.11. The summed E-state index contributed by atoms with van der Waals surface area (Å²) in [5.41, 5.74) is 1.56. The molecule has 1 aliphatic carbocycles. The molecule has 82 valence electrons. The van der Waals surface area contributed by atoms with Gasteiger partial charge >= 0.3 is 0 Å². The fourth-order valence-electron chi connectivity index (χ4n) is 2.35. The molecule has 0 atom stereocenters. The third-order valence-electron chi connectivity index (χ3n) is 3.69. The van der Waals surface area contributed by atoms with E-state index in [0.717, 1.165) is 6.42 Å². The summed E-state index contributed by atoms with van der Waals surface area (Å²) in [5, 5.41) is 11.9. The Hall–Kier alpha value is -1.34. The lowest BCUT2D eigenvalue weighted by atomic mass is 9.95. The standard InChI is InChI=1S/C15H16O/c16-11-15(7-8-15)10-12-5-6-13-3-1-2-4-14(13)9-12/h1-6,9,16H,7-8,10-11H2. The summed E-state index contributed by atoms with van der Waals surface area (Å²) in [4.78, 5) is 0. The molecule has 16 heavy (non-hydrogen) atoms. The third kappa shape index (κ3) is 1.72. The molecule has 0 bridgehead atoms. The highest BCUT2D eigenvalue weighted by atomic mass is 16.3. The van der Waals surface area contributed by atoms with Crippen molar-refractivity contribution in [3.05, 3.63) is 48.0 Å². The molecule has 1 saturated carbocycles. The van der Waals surface area contributed by atoms with Crippen molar-refractivity contribution < 1.29 is 5.11 Å². The highest BCUT2D eigenvalue weighted by molar-refractivity contribution is 5.83. The normalized spacial score (nSPS) is 17.6. The fraction of sp³-hybridized carbons (Fsp3) is 0.333. The zero-order valence-corrected chi connectivity index (χ0v) is 9.32. The number of rotatable bonds is 3. The molecule has 0 radical (unpaired) electrons. The first-order valence-corrected chi connectivity index (χ1v) is 5.90. The van der Waals surface area contributed by atoms with Crippen LogP contribution in [0.15, 0.2) is 42.5 Å². The van der Waals surface area contributed by atoms with E-state index in [4.69, 9.17) is 0 Å². The first-order valence-electron chi connectivity index (χ1n) is 5.90. The van der Waals surface area contributed by atoms with E-state index in [1.54, 1.807) is 0 Å². The van der Waals surface area contributed by atoms with Gasteiger partial charge in [0.05, 0.1) is 0 Å². The van der Waals surface area contributed by atoms with Gasteiger partial charge in [-0.1, -0.05) is 42.5 Å². The van der Waals surface area contributed by atoms with Gasteiger partial charge in [-0.3, -0.25) is 0 Å². The Labute approximate surface area is 95.7 Å². The minimum Gasteiger partial charge on any atom is -0.396 e. The van der Waals surface area contributed by atoms with Crippen molar-refractivity contribution in [1.82, 2.24) is 0 Å². The second-order valence-corrected chi connectivity index (χ2v) is 5.02. The Balaban J connectivity index is 1.93. The minimum atomic E-state index is 0.211. The summed E-state index contributed by atoms with van der Waals surface area (Å²) in [6.07, 6.45) is 3.38. The SMILES string of the molecule is OCC1(Cc2ccc3ccccc3c2)CC1. The fourth-order valence-corrected chi connectivity index (χ4v) is 2.35. The maximum atomic E-state index is 9.33. The summed E-state index contributed by atoms with van der Waals surface area (Å²) >= 11 is 0. The van der Waals surface area contributed by atoms with E-state index in [2.05, 4.69) is 42.5 Å². The molecular formula is C15H16O. The minimum absolute atomic E-state index is 0.211. The number of hydrogen-bond acceptors (Lipinski definition) is 1. The number of aliphatic hydroxyl groups is 1. The van der Waals surface area contributed by atoms with Crippen molar-refractivity contribution >= 4 is 10.8 Å². The van der Waals surface area contributed by atoms with Crippen LogP contribution < -0.4 is 0 Å². The summed E-state index contributed by atoms with van der Waals surface area (Å²) in [7, 11) is 0. The number of hydrogen-bond donors (Lipinski definition) is 1. The van der Waals surface area contributed by atoms with Gasteiger partial charge in [-0.25, -0.2) is 0 Å². The molecular weight excluding hydrogens is 196 g/mol. The Morgan fingerprint density at radius 1 is 1.00 bits per heavy atom. The van der Waals surface area contributed by atoms with Crippen molar-refractivity contribution in [2.45, 2.75) is 19.3 Å². The predicted molar refractivity (Wildman–Crippen MR) is 66.4 cm³/mol. The molecule has 1 fully saturated rings. The van der Waals surface area contributed by atoms with E-state index in [-0.39, 0.29) is 5.41 Å². The molecule has 0 saturated heterocycles. The van der Waals surface area contributed by atoms with Crippen LogP contribution in [0.5, 0.6) is 0 Å². The van der Waals surface area contributed by atoms with Crippen LogP contribution in [0.2, 0.25) is 0 Å². The van der Waals surface area contributed by atoms with E-state index >= 15 is 0 Å². The number of fused-ring (bicyclic) bond motifs is 1. The average Bonchev–Trinajstić information content (AvgIpc) is 3.09. The van der Waals surface area contributed by atoms with E-state index in [1.807, 2.05) is 0 Å². The summed E-state index contributed by atoms with van der Waals surface area (Å²) in [6.45, 7) is 0.333. The van der Waals surface area contributed by atoms with Crippen LogP contribution in [0.25, 0.3) is 10.8 Å². The van der Waals surface area contributed by atoms with E-state index < -0.39 is 0 Å². The molecule has 0 amide bonds. The molecule has 0 unspecified atom stereocenters. The quantitative estimate of drug-likeness (QED) is 0.828. The highest BCUT2D eigenvalue weighted by Crippen LogP contribution is 2.47. The largest absolute Gasteiger partial charge is 0.396 e. The van der Waals surface area contributed by atoms with Crippen LogP contribution in [-0.4, -0.2) is 11.7 Å². The second kappa shape index (κ2) is 3.60. The average molecular weight is 212 g/mol. The van der Waals surface area contributed by atoms with Crippen molar-refractivity contribution in [2.75, 3.05) is 6.61 Å². The molecule has 0 heterocycles. The van der Waals surface area contributed by atoms with Crippen LogP contribution >= 0.6 is 0 Å². The van der Waals surface area contributed by atoms with Crippen LogP contribution in [0, 0.1) is 5.41 Å². The van der Waals surface area contributed by atoms with E-state index in [9.17, 15) is 5.11 Å². The van der Waals surface area contributed by atoms with E-state index in [1.165, 1.54) is 29.2 Å². The smallest absolute Gasteiger partial charge is 0.0490 e. The Kier molecular flexibility index (Phi) is 2.22. The predicted octanol–water partition coefficient (Wildman–Crippen LogP) is 3.15. The topological polar surface area (TPSA) is 20.2 Å². The van der Waals surface area contributed by atoms with Gasteiger partial charge in [0.15, 0.2) is 0 Å². The van der Waals surface area contributed by atoms with Gasteiger partial charge < -0.3 is 5.11 Å². The second-order valence-electron chi connectivity index (χ2n) is 5.02. The molecule has 1 nitrogen and oxygen atoms in total. The summed E-state index contributed by atoms with van der Waals surface area (Å²) in [5.74, 6) is 0. The van der Waals surface area contributed by atoms with Crippen LogP contribution in [0.4, 0.5) is 0 Å². The first kappa shape index (κ1) is 9.86. The van der Waals surface area contributed by atoms with Crippen LogP contribution in [0.1, 0.15) is 18.4 Å². The Morgan fingerprint density at radius 3 is 2.44 bits per heavy atom. The Bertz CT molecular complexity index is 512. The number of aliphatic hydroxyl groups excluding tert-OH is 1. The van der Waals surface area contributed by atoms with Crippen molar-refractivity contribution in [1.29, 1.82) is 0 Å². The lowest BCUT2D eigenvalue weighted by molar-refractivity contribution is 0.211. The van der Waals surface area contributed by atoms with Gasteiger partial charge in [-0.05, 0) is 41.0 Å². The lowest BCUT2D eigenvalue weighted by Crippen LogP contribution is -2.09. The molecule has 0 aliphatic heterocycles. The maximum absolute atomic E-state index is 9.33. The van der Waals surface area contributed by atoms with Crippen LogP contribution in [0.3, 0.4) is 0 Å². The van der Waals surface area contributed by atoms with Crippen LogP contribution in [-0.2, 0) is 6.42 Å². The zero-order valence-electron chi connectivity index (χ0n) is 9.32. The Morgan fingerprint density at radius 2 is 1.75 bits per heavy atom.